The number of rotatable bonds is 0. The maximum atomic E-state index is 12.0. The van der Waals surface area contributed by atoms with Gasteiger partial charge >= 0.3 is 6.09 Å². The zero-order valence-corrected chi connectivity index (χ0v) is 13.7. The summed E-state index contributed by atoms with van der Waals surface area (Å²) in [5, 5.41) is 1.17. The molecule has 6 heteroatoms. The van der Waals surface area contributed by atoms with Gasteiger partial charge in [-0.05, 0) is 27.2 Å². The second-order valence-corrected chi connectivity index (χ2v) is 6.73. The monoisotopic (exact) mass is 297 g/mol. The number of amidine groups is 1. The van der Waals surface area contributed by atoms with Crippen LogP contribution in [0.15, 0.2) is 16.4 Å². The number of dihydropyridines is 1. The Balaban J connectivity index is 1.88. The normalized spacial score (nSPS) is 20.4. The lowest BCUT2D eigenvalue weighted by atomic mass is 10.2. The minimum atomic E-state index is -0.433. The molecule has 1 atom stereocenters. The fraction of sp³-hybridized carbons (Fsp3) is 0.714. The molecule has 0 aromatic heterocycles. The first-order valence-corrected chi connectivity index (χ1v) is 7.68. The average molecular weight is 297 g/mol. The average Bonchev–Trinajstić information content (AvgIpc) is 2.37. The second kappa shape index (κ2) is 6.13. The van der Waals surface area contributed by atoms with Gasteiger partial charge in [-0.2, -0.15) is 0 Å². The summed E-state index contributed by atoms with van der Waals surface area (Å²) < 4.78 is 5.40. The van der Waals surface area contributed by atoms with Crippen LogP contribution in [-0.4, -0.2) is 60.1 Å². The van der Waals surface area contributed by atoms with Crippen molar-refractivity contribution >= 4 is 21.2 Å². The lowest BCUT2D eigenvalue weighted by Gasteiger charge is -2.37. The standard InChI is InChI=1S/C14H24N3O2P/c1-14(2,3)19-13(18)17-9-7-16(8-10-17)12-11(20)5-4-6-15-12/h5H,4,6-10,20H2,1-3H3. The molecule has 0 aromatic rings. The van der Waals surface area contributed by atoms with Crippen molar-refractivity contribution in [2.24, 2.45) is 4.99 Å². The molecule has 1 saturated heterocycles. The highest BCUT2D eigenvalue weighted by Gasteiger charge is 2.27. The van der Waals surface area contributed by atoms with Gasteiger partial charge in [-0.25, -0.2) is 4.79 Å². The first-order valence-electron chi connectivity index (χ1n) is 7.10. The molecule has 2 aliphatic heterocycles. The van der Waals surface area contributed by atoms with E-state index in [1.54, 1.807) is 4.90 Å². The molecule has 5 nitrogen and oxygen atoms in total. The molecule has 0 aliphatic carbocycles. The van der Waals surface area contributed by atoms with Crippen LogP contribution in [-0.2, 0) is 4.74 Å². The topological polar surface area (TPSA) is 45.1 Å². The molecule has 1 unspecified atom stereocenters. The Hall–Kier alpha value is -1.09. The van der Waals surface area contributed by atoms with E-state index in [0.29, 0.717) is 13.1 Å². The van der Waals surface area contributed by atoms with Crippen molar-refractivity contribution in [1.82, 2.24) is 9.80 Å². The van der Waals surface area contributed by atoms with Gasteiger partial charge in [-0.1, -0.05) is 6.08 Å². The maximum Gasteiger partial charge on any atom is 0.410 e. The fourth-order valence-corrected chi connectivity index (χ4v) is 2.72. The minimum absolute atomic E-state index is 0.218. The summed E-state index contributed by atoms with van der Waals surface area (Å²) in [5.74, 6) is 1.06. The molecule has 1 amide bonds. The predicted molar refractivity (Wildman–Crippen MR) is 84.1 cm³/mol. The Morgan fingerprint density at radius 1 is 1.30 bits per heavy atom. The van der Waals surface area contributed by atoms with Crippen molar-refractivity contribution in [1.29, 1.82) is 0 Å². The molecule has 0 spiro atoms. The summed E-state index contributed by atoms with van der Waals surface area (Å²) in [7, 11) is 2.75. The smallest absolute Gasteiger partial charge is 0.410 e. The van der Waals surface area contributed by atoms with Crippen LogP contribution < -0.4 is 0 Å². The minimum Gasteiger partial charge on any atom is -0.444 e. The molecular formula is C14H24N3O2P. The zero-order chi connectivity index (χ0) is 14.8. The van der Waals surface area contributed by atoms with Crippen LogP contribution >= 0.6 is 9.24 Å². The Morgan fingerprint density at radius 2 is 1.95 bits per heavy atom. The number of carbonyl (C=O) groups excluding carboxylic acids is 1. The second-order valence-electron chi connectivity index (χ2n) is 6.11. The van der Waals surface area contributed by atoms with E-state index in [4.69, 9.17) is 4.74 Å². The number of hydrogen-bond acceptors (Lipinski definition) is 4. The molecule has 0 radical (unpaired) electrons. The summed E-state index contributed by atoms with van der Waals surface area (Å²) in [5.41, 5.74) is -0.433. The van der Waals surface area contributed by atoms with Crippen LogP contribution in [0.4, 0.5) is 4.79 Å². The third-order valence-corrected chi connectivity index (χ3v) is 3.74. The van der Waals surface area contributed by atoms with Crippen molar-refractivity contribution in [2.45, 2.75) is 32.8 Å². The van der Waals surface area contributed by atoms with Crippen LogP contribution in [0, 0.1) is 0 Å². The number of carbonyl (C=O) groups is 1. The Kier molecular flexibility index (Phi) is 4.69. The molecule has 2 heterocycles. The predicted octanol–water partition coefficient (Wildman–Crippen LogP) is 2.10. The Morgan fingerprint density at radius 3 is 2.50 bits per heavy atom. The van der Waals surface area contributed by atoms with E-state index < -0.39 is 5.60 Å². The van der Waals surface area contributed by atoms with Crippen LogP contribution in [0.25, 0.3) is 0 Å². The first-order chi connectivity index (χ1) is 9.37. The number of aliphatic imine (C=N–C) groups is 1. The van der Waals surface area contributed by atoms with Crippen LogP contribution in [0.3, 0.4) is 0 Å². The molecule has 20 heavy (non-hydrogen) atoms. The zero-order valence-electron chi connectivity index (χ0n) is 12.6. The highest BCUT2D eigenvalue weighted by atomic mass is 31.0. The molecule has 0 bridgehead atoms. The number of amides is 1. The molecule has 112 valence electrons. The van der Waals surface area contributed by atoms with Gasteiger partial charge in [0, 0.05) is 38.0 Å². The molecule has 1 fully saturated rings. The molecule has 0 saturated carbocycles. The van der Waals surface area contributed by atoms with E-state index in [1.165, 1.54) is 5.31 Å². The number of piperazine rings is 1. The van der Waals surface area contributed by atoms with Crippen molar-refractivity contribution in [3.05, 3.63) is 11.4 Å². The van der Waals surface area contributed by atoms with Crippen LogP contribution in [0.1, 0.15) is 27.2 Å². The number of hydrogen-bond donors (Lipinski definition) is 0. The maximum absolute atomic E-state index is 12.0. The van der Waals surface area contributed by atoms with Gasteiger partial charge in [0.2, 0.25) is 0 Å². The van der Waals surface area contributed by atoms with E-state index >= 15 is 0 Å². The summed E-state index contributed by atoms with van der Waals surface area (Å²) in [6, 6.07) is 0. The van der Waals surface area contributed by atoms with E-state index in [0.717, 1.165) is 31.9 Å². The lowest BCUT2D eigenvalue weighted by Crippen LogP contribution is -2.51. The number of nitrogens with zero attached hydrogens (tertiary/aromatic N) is 3. The van der Waals surface area contributed by atoms with Gasteiger partial charge in [-0.3, -0.25) is 4.99 Å². The lowest BCUT2D eigenvalue weighted by molar-refractivity contribution is 0.0187. The van der Waals surface area contributed by atoms with E-state index in [2.05, 4.69) is 25.2 Å². The fourth-order valence-electron chi connectivity index (χ4n) is 2.28. The van der Waals surface area contributed by atoms with Gasteiger partial charge < -0.3 is 14.5 Å². The molecule has 2 aliphatic rings. The third-order valence-electron chi connectivity index (χ3n) is 3.24. The van der Waals surface area contributed by atoms with Gasteiger partial charge in [0.1, 0.15) is 11.4 Å². The van der Waals surface area contributed by atoms with Crippen molar-refractivity contribution in [3.63, 3.8) is 0 Å². The SMILES string of the molecule is CC(C)(C)OC(=O)N1CCN(C2=NCCC=C2P)CC1. The Labute approximate surface area is 123 Å². The molecule has 0 aromatic carbocycles. The summed E-state index contributed by atoms with van der Waals surface area (Å²) >= 11 is 0. The summed E-state index contributed by atoms with van der Waals surface area (Å²) in [6.45, 7) is 9.53. The van der Waals surface area contributed by atoms with Gasteiger partial charge in [-0.15, -0.1) is 9.24 Å². The first kappa shape index (κ1) is 15.3. The van der Waals surface area contributed by atoms with Gasteiger partial charge in [0.15, 0.2) is 0 Å². The van der Waals surface area contributed by atoms with Crippen molar-refractivity contribution < 1.29 is 9.53 Å². The van der Waals surface area contributed by atoms with Gasteiger partial charge in [0.25, 0.3) is 0 Å². The van der Waals surface area contributed by atoms with Crippen LogP contribution in [0.5, 0.6) is 0 Å². The van der Waals surface area contributed by atoms with Crippen LogP contribution in [0.2, 0.25) is 0 Å². The molecule has 0 N–H and O–H groups in total. The third kappa shape index (κ3) is 3.95. The molecular weight excluding hydrogens is 273 g/mol. The molecule has 2 rings (SSSR count). The van der Waals surface area contributed by atoms with Crippen molar-refractivity contribution in [2.75, 3.05) is 32.7 Å². The highest BCUT2D eigenvalue weighted by molar-refractivity contribution is 7.25. The summed E-state index contributed by atoms with van der Waals surface area (Å²) in [4.78, 5) is 20.6. The largest absolute Gasteiger partial charge is 0.444 e. The van der Waals surface area contributed by atoms with Crippen molar-refractivity contribution in [3.8, 4) is 0 Å². The summed E-state index contributed by atoms with van der Waals surface area (Å²) in [6.07, 6.45) is 3.00. The van der Waals surface area contributed by atoms with E-state index in [9.17, 15) is 4.79 Å². The quantitative estimate of drug-likeness (QED) is 0.643. The van der Waals surface area contributed by atoms with E-state index in [1.807, 2.05) is 20.8 Å². The van der Waals surface area contributed by atoms with Gasteiger partial charge in [0.05, 0.1) is 0 Å². The van der Waals surface area contributed by atoms with E-state index in [-0.39, 0.29) is 6.09 Å². The number of ether oxygens (including phenoxy) is 1. The highest BCUT2D eigenvalue weighted by Crippen LogP contribution is 2.19. The Bertz CT molecular complexity index is 432.